The molecule has 0 radical (unpaired) electrons. The highest BCUT2D eigenvalue weighted by Crippen LogP contribution is 2.29. The number of carbonyl (C=O) groups is 2. The highest BCUT2D eigenvalue weighted by Gasteiger charge is 2.34. The van der Waals surface area contributed by atoms with Gasteiger partial charge in [-0.2, -0.15) is 0 Å². The van der Waals surface area contributed by atoms with Crippen molar-refractivity contribution in [2.75, 3.05) is 11.9 Å². The van der Waals surface area contributed by atoms with E-state index in [0.717, 1.165) is 21.3 Å². The van der Waals surface area contributed by atoms with Crippen LogP contribution in [0.25, 0.3) is 10.2 Å². The van der Waals surface area contributed by atoms with Crippen LogP contribution in [0.5, 0.6) is 0 Å². The van der Waals surface area contributed by atoms with Crippen LogP contribution in [0.2, 0.25) is 5.02 Å². The first-order valence-electron chi connectivity index (χ1n) is 8.69. The van der Waals surface area contributed by atoms with E-state index in [4.69, 9.17) is 11.6 Å². The van der Waals surface area contributed by atoms with Crippen LogP contribution in [0.3, 0.4) is 0 Å². The summed E-state index contributed by atoms with van der Waals surface area (Å²) < 4.78 is 1.04. The molecule has 0 aliphatic carbocycles. The standard InChI is InChI=1S/C20H18ClN3O2S/c1-12-5-4-8-16-18(12)22-20(27-16)23-19(26)14-9-17(25)24(11-14)10-13-6-2-3-7-15(13)21/h2-8,14H,9-11H2,1H3,(H,22,23,26)/t14-/m0/s1. The van der Waals surface area contributed by atoms with Crippen LogP contribution < -0.4 is 5.32 Å². The predicted molar refractivity (Wildman–Crippen MR) is 108 cm³/mol. The summed E-state index contributed by atoms with van der Waals surface area (Å²) in [5.74, 6) is -0.579. The molecule has 3 aromatic rings. The number of amides is 2. The van der Waals surface area contributed by atoms with Gasteiger partial charge in [0, 0.05) is 24.5 Å². The quantitative estimate of drug-likeness (QED) is 0.713. The zero-order chi connectivity index (χ0) is 19.0. The van der Waals surface area contributed by atoms with Crippen molar-refractivity contribution in [2.45, 2.75) is 19.9 Å². The summed E-state index contributed by atoms with van der Waals surface area (Å²) >= 11 is 7.63. The van der Waals surface area contributed by atoms with Crippen molar-refractivity contribution in [3.8, 4) is 0 Å². The summed E-state index contributed by atoms with van der Waals surface area (Å²) in [7, 11) is 0. The second-order valence-electron chi connectivity index (χ2n) is 6.70. The molecule has 1 N–H and O–H groups in total. The van der Waals surface area contributed by atoms with Gasteiger partial charge in [0.15, 0.2) is 5.13 Å². The molecule has 2 heterocycles. The highest BCUT2D eigenvalue weighted by molar-refractivity contribution is 7.22. The molecule has 2 aromatic carbocycles. The molecule has 1 aromatic heterocycles. The number of hydrogen-bond donors (Lipinski definition) is 1. The molecule has 1 aliphatic heterocycles. The molecule has 0 unspecified atom stereocenters. The maximum atomic E-state index is 12.6. The largest absolute Gasteiger partial charge is 0.337 e. The number of anilines is 1. The Hall–Kier alpha value is -2.44. The first-order chi connectivity index (χ1) is 13.0. The van der Waals surface area contributed by atoms with Crippen molar-refractivity contribution >= 4 is 50.1 Å². The van der Waals surface area contributed by atoms with E-state index in [1.165, 1.54) is 11.3 Å². The van der Waals surface area contributed by atoms with Gasteiger partial charge in [0.2, 0.25) is 11.8 Å². The van der Waals surface area contributed by atoms with Crippen LogP contribution >= 0.6 is 22.9 Å². The van der Waals surface area contributed by atoms with Gasteiger partial charge in [-0.15, -0.1) is 0 Å². The van der Waals surface area contributed by atoms with Crippen LogP contribution in [0.1, 0.15) is 17.5 Å². The number of thiazole rings is 1. The molecule has 0 spiro atoms. The SMILES string of the molecule is Cc1cccc2sc(NC(=O)[C@H]3CC(=O)N(Cc4ccccc4Cl)C3)nc12. The fourth-order valence-corrected chi connectivity index (χ4v) is 4.42. The normalized spacial score (nSPS) is 16.9. The van der Waals surface area contributed by atoms with E-state index in [1.807, 2.05) is 43.3 Å². The van der Waals surface area contributed by atoms with Crippen molar-refractivity contribution < 1.29 is 9.59 Å². The Labute approximate surface area is 166 Å². The lowest BCUT2D eigenvalue weighted by Crippen LogP contribution is -2.28. The second kappa shape index (κ2) is 7.29. The lowest BCUT2D eigenvalue weighted by atomic mass is 10.1. The molecule has 4 rings (SSSR count). The molecule has 0 saturated carbocycles. The number of rotatable bonds is 4. The van der Waals surface area contributed by atoms with E-state index >= 15 is 0 Å². The molecule has 5 nitrogen and oxygen atoms in total. The molecular formula is C20H18ClN3O2S. The zero-order valence-electron chi connectivity index (χ0n) is 14.7. The van der Waals surface area contributed by atoms with E-state index in [0.29, 0.717) is 23.2 Å². The van der Waals surface area contributed by atoms with Gasteiger partial charge in [0.25, 0.3) is 0 Å². The molecule has 1 fully saturated rings. The molecule has 138 valence electrons. The van der Waals surface area contributed by atoms with E-state index in [1.54, 1.807) is 11.0 Å². The molecule has 7 heteroatoms. The number of aromatic nitrogens is 1. The summed E-state index contributed by atoms with van der Waals surface area (Å²) in [6.45, 7) is 2.80. The minimum absolute atomic E-state index is 0.0322. The molecule has 1 saturated heterocycles. The average Bonchev–Trinajstić information content (AvgIpc) is 3.21. The van der Waals surface area contributed by atoms with Crippen molar-refractivity contribution in [2.24, 2.45) is 5.92 Å². The smallest absolute Gasteiger partial charge is 0.231 e. The molecule has 1 atom stereocenters. The van der Waals surface area contributed by atoms with Crippen molar-refractivity contribution in [3.05, 3.63) is 58.6 Å². The summed E-state index contributed by atoms with van der Waals surface area (Å²) in [6, 6.07) is 13.4. The van der Waals surface area contributed by atoms with Gasteiger partial charge >= 0.3 is 0 Å². The number of benzene rings is 2. The van der Waals surface area contributed by atoms with Crippen molar-refractivity contribution in [1.82, 2.24) is 9.88 Å². The third kappa shape index (κ3) is 3.68. The second-order valence-corrected chi connectivity index (χ2v) is 8.13. The van der Waals surface area contributed by atoms with Crippen molar-refractivity contribution in [3.63, 3.8) is 0 Å². The van der Waals surface area contributed by atoms with E-state index in [-0.39, 0.29) is 24.2 Å². The summed E-state index contributed by atoms with van der Waals surface area (Å²) in [5, 5.41) is 4.08. The maximum absolute atomic E-state index is 12.6. The van der Waals surface area contributed by atoms with Crippen LogP contribution in [-0.4, -0.2) is 28.2 Å². The van der Waals surface area contributed by atoms with Crippen LogP contribution in [-0.2, 0) is 16.1 Å². The number of fused-ring (bicyclic) bond motifs is 1. The third-order valence-electron chi connectivity index (χ3n) is 4.76. The minimum Gasteiger partial charge on any atom is -0.337 e. The van der Waals surface area contributed by atoms with Gasteiger partial charge in [-0.05, 0) is 30.2 Å². The molecule has 1 aliphatic rings. The number of halogens is 1. The fraction of sp³-hybridized carbons (Fsp3) is 0.250. The first-order valence-corrected chi connectivity index (χ1v) is 9.89. The number of nitrogens with one attached hydrogen (secondary N) is 1. The van der Waals surface area contributed by atoms with E-state index in [2.05, 4.69) is 10.3 Å². The summed E-state index contributed by atoms with van der Waals surface area (Å²) in [5.41, 5.74) is 2.86. The summed E-state index contributed by atoms with van der Waals surface area (Å²) in [4.78, 5) is 31.2. The Balaban J connectivity index is 1.44. The van der Waals surface area contributed by atoms with Gasteiger partial charge in [0.1, 0.15) is 0 Å². The molecule has 2 amide bonds. The Morgan fingerprint density at radius 2 is 2.11 bits per heavy atom. The summed E-state index contributed by atoms with van der Waals surface area (Å²) in [6.07, 6.45) is 0.209. The molecule has 27 heavy (non-hydrogen) atoms. The zero-order valence-corrected chi connectivity index (χ0v) is 16.3. The van der Waals surface area contributed by atoms with E-state index < -0.39 is 0 Å². The average molecular weight is 400 g/mol. The van der Waals surface area contributed by atoms with Gasteiger partial charge in [-0.3, -0.25) is 9.59 Å². The minimum atomic E-state index is -0.381. The Bertz CT molecular complexity index is 1030. The molecular weight excluding hydrogens is 382 g/mol. The van der Waals surface area contributed by atoms with Crippen LogP contribution in [0.15, 0.2) is 42.5 Å². The number of para-hydroxylation sites is 1. The van der Waals surface area contributed by atoms with Gasteiger partial charge in [0.05, 0.1) is 16.1 Å². The highest BCUT2D eigenvalue weighted by atomic mass is 35.5. The number of carbonyl (C=O) groups excluding carboxylic acids is 2. The van der Waals surface area contributed by atoms with Crippen LogP contribution in [0, 0.1) is 12.8 Å². The lowest BCUT2D eigenvalue weighted by molar-refractivity contribution is -0.128. The lowest BCUT2D eigenvalue weighted by Gasteiger charge is -2.17. The predicted octanol–water partition coefficient (Wildman–Crippen LogP) is 4.25. The Morgan fingerprint density at radius 3 is 2.89 bits per heavy atom. The van der Waals surface area contributed by atoms with Gasteiger partial charge in [-0.25, -0.2) is 4.98 Å². The monoisotopic (exact) mass is 399 g/mol. The Kier molecular flexibility index (Phi) is 4.85. The van der Waals surface area contributed by atoms with Gasteiger partial charge < -0.3 is 10.2 Å². The fourth-order valence-electron chi connectivity index (χ4n) is 3.28. The molecule has 0 bridgehead atoms. The maximum Gasteiger partial charge on any atom is 0.231 e. The topological polar surface area (TPSA) is 62.3 Å². The third-order valence-corrected chi connectivity index (χ3v) is 6.06. The van der Waals surface area contributed by atoms with Gasteiger partial charge in [-0.1, -0.05) is 53.3 Å². The number of hydrogen-bond acceptors (Lipinski definition) is 4. The number of nitrogens with zero attached hydrogens (tertiary/aromatic N) is 2. The Morgan fingerprint density at radius 1 is 1.30 bits per heavy atom. The number of aryl methyl sites for hydroxylation is 1. The van der Waals surface area contributed by atoms with Crippen LogP contribution in [0.4, 0.5) is 5.13 Å². The first kappa shape index (κ1) is 17.9. The van der Waals surface area contributed by atoms with Crippen molar-refractivity contribution in [1.29, 1.82) is 0 Å². The van der Waals surface area contributed by atoms with E-state index in [9.17, 15) is 9.59 Å². The number of likely N-dealkylation sites (tertiary alicyclic amines) is 1.